The second-order valence-electron chi connectivity index (χ2n) is 14.1. The van der Waals surface area contributed by atoms with Crippen LogP contribution in [0.2, 0.25) is 0 Å². The maximum atomic E-state index is 15.1. The van der Waals surface area contributed by atoms with E-state index < -0.39 is 41.7 Å². The second kappa shape index (κ2) is 17.2. The van der Waals surface area contributed by atoms with E-state index in [1.54, 1.807) is 22.0 Å². The van der Waals surface area contributed by atoms with Crippen molar-refractivity contribution in [2.45, 2.75) is 73.6 Å². The van der Waals surface area contributed by atoms with Crippen molar-refractivity contribution >= 4 is 56.1 Å². The van der Waals surface area contributed by atoms with E-state index >= 15 is 4.79 Å². The molecule has 1 spiro atoms. The molecule has 6 rings (SSSR count). The Bertz CT molecular complexity index is 1820. The van der Waals surface area contributed by atoms with Crippen molar-refractivity contribution < 1.29 is 33.8 Å². The Morgan fingerprint density at radius 3 is 2.49 bits per heavy atom. The summed E-state index contributed by atoms with van der Waals surface area (Å²) in [5.74, 6) is -3.33. The van der Waals surface area contributed by atoms with Crippen LogP contribution in [-0.2, 0) is 28.7 Å². The van der Waals surface area contributed by atoms with Crippen molar-refractivity contribution in [3.05, 3.63) is 104 Å². The number of aliphatic hydroxyl groups is 1. The number of benzene rings is 3. The largest absolute Gasteiger partial charge is 0.455 e. The molecule has 0 saturated carbocycles. The Labute approximate surface area is 319 Å². The monoisotopic (exact) mass is 785 g/mol. The average molecular weight is 787 g/mol. The van der Waals surface area contributed by atoms with Crippen LogP contribution in [0.5, 0.6) is 0 Å². The van der Waals surface area contributed by atoms with Crippen molar-refractivity contribution in [3.63, 3.8) is 0 Å². The fraction of sp³-hybridized carbons (Fsp3) is 0.429. The number of fused-ring (bicyclic) bond motifs is 2. The number of nitrogens with one attached hydrogen (secondary N) is 1. The van der Waals surface area contributed by atoms with Gasteiger partial charge in [-0.1, -0.05) is 102 Å². The molecule has 7 atom stereocenters. The molecule has 3 aromatic rings. The maximum absolute atomic E-state index is 15.1. The van der Waals surface area contributed by atoms with Gasteiger partial charge in [0.25, 0.3) is 5.91 Å². The Hall–Kier alpha value is -4.32. The number of unbranched alkanes of at least 4 members (excludes halogenated alkanes) is 3. The molecule has 0 aliphatic carbocycles. The summed E-state index contributed by atoms with van der Waals surface area (Å²) in [6.07, 6.45) is 5.77. The van der Waals surface area contributed by atoms with Crippen molar-refractivity contribution in [1.29, 1.82) is 0 Å². The van der Waals surface area contributed by atoms with Crippen LogP contribution in [0, 0.1) is 11.8 Å². The second-order valence-corrected chi connectivity index (χ2v) is 15.2. The summed E-state index contributed by atoms with van der Waals surface area (Å²) >= 11 is 3.77. The molecule has 10 nitrogen and oxygen atoms in total. The topological polar surface area (TPSA) is 125 Å². The number of carbonyl (C=O) groups excluding carboxylic acids is 4. The summed E-state index contributed by atoms with van der Waals surface area (Å²) in [7, 11) is 0. The van der Waals surface area contributed by atoms with E-state index in [1.165, 1.54) is 0 Å². The van der Waals surface area contributed by atoms with E-state index in [9.17, 15) is 19.5 Å². The number of aliphatic hydroxyl groups excluding tert-OH is 1. The fourth-order valence-electron chi connectivity index (χ4n) is 8.25. The normalized spacial score (nSPS) is 24.8. The van der Waals surface area contributed by atoms with Gasteiger partial charge in [-0.05, 0) is 54.2 Å². The number of amides is 3. The van der Waals surface area contributed by atoms with Crippen LogP contribution in [0.3, 0.4) is 0 Å². The number of hydrogen-bond acceptors (Lipinski definition) is 7. The summed E-state index contributed by atoms with van der Waals surface area (Å²) in [6.45, 7) is 8.25. The molecule has 3 fully saturated rings. The molecule has 1 unspecified atom stereocenters. The number of anilines is 1. The maximum Gasteiger partial charge on any atom is 0.313 e. The third-order valence-electron chi connectivity index (χ3n) is 10.7. The first-order valence-electron chi connectivity index (χ1n) is 18.5. The molecule has 0 radical (unpaired) electrons. The van der Waals surface area contributed by atoms with Gasteiger partial charge in [0.1, 0.15) is 17.7 Å². The number of hydrogen-bond donors (Lipinski definition) is 2. The number of ether oxygens (including phenoxy) is 2. The zero-order valence-electron chi connectivity index (χ0n) is 29.9. The summed E-state index contributed by atoms with van der Waals surface area (Å²) in [5.41, 5.74) is 0.0903. The molecular formula is C42H48BrN3O7. The van der Waals surface area contributed by atoms with Crippen LogP contribution in [0.15, 0.2) is 98.1 Å². The van der Waals surface area contributed by atoms with E-state index in [1.807, 2.05) is 72.8 Å². The van der Waals surface area contributed by atoms with Gasteiger partial charge in [-0.15, -0.1) is 13.2 Å². The molecule has 3 heterocycles. The first-order chi connectivity index (χ1) is 25.7. The van der Waals surface area contributed by atoms with Gasteiger partial charge in [-0.2, -0.15) is 0 Å². The Morgan fingerprint density at radius 2 is 1.75 bits per heavy atom. The van der Waals surface area contributed by atoms with Gasteiger partial charge >= 0.3 is 5.97 Å². The lowest BCUT2D eigenvalue weighted by atomic mass is 9.70. The molecule has 2 bridgehead atoms. The SMILES string of the molecule is C=CCCC(=O)NC[C@H](OC(=O)[C@@H]1[C@H]2O[C@@]3(CC2Br)[C@H](C(=O)N(CC=C)c2ccc4ccccc4c2)N(CCCCCCO)C(=O)[C@@H]13)c1ccccc1. The minimum Gasteiger partial charge on any atom is -0.455 e. The van der Waals surface area contributed by atoms with Crippen molar-refractivity contribution in [2.24, 2.45) is 11.8 Å². The summed E-state index contributed by atoms with van der Waals surface area (Å²) in [5, 5.41) is 14.2. The molecule has 3 saturated heterocycles. The van der Waals surface area contributed by atoms with Gasteiger partial charge in [0.2, 0.25) is 11.8 Å². The molecule has 3 amide bonds. The molecular weight excluding hydrogens is 738 g/mol. The number of likely N-dealkylation sites (tertiary alicyclic amines) is 1. The van der Waals surface area contributed by atoms with Crippen LogP contribution in [0.1, 0.15) is 56.6 Å². The first-order valence-corrected chi connectivity index (χ1v) is 19.4. The first kappa shape index (κ1) is 38.4. The van der Waals surface area contributed by atoms with Gasteiger partial charge in [0, 0.05) is 36.6 Å². The highest BCUT2D eigenvalue weighted by atomic mass is 79.9. The van der Waals surface area contributed by atoms with Crippen molar-refractivity contribution in [2.75, 3.05) is 31.1 Å². The highest BCUT2D eigenvalue weighted by Crippen LogP contribution is 2.60. The van der Waals surface area contributed by atoms with Gasteiger partial charge in [0.15, 0.2) is 0 Å². The zero-order valence-corrected chi connectivity index (χ0v) is 31.5. The number of allylic oxidation sites excluding steroid dienone is 1. The predicted molar refractivity (Wildman–Crippen MR) is 207 cm³/mol. The third-order valence-corrected chi connectivity index (χ3v) is 11.6. The summed E-state index contributed by atoms with van der Waals surface area (Å²) < 4.78 is 13.0. The minimum atomic E-state index is -1.28. The van der Waals surface area contributed by atoms with E-state index in [0.717, 1.165) is 23.6 Å². The van der Waals surface area contributed by atoms with E-state index in [4.69, 9.17) is 9.47 Å². The number of nitrogens with zero attached hydrogens (tertiary/aromatic N) is 2. The van der Waals surface area contributed by atoms with E-state index in [0.29, 0.717) is 43.5 Å². The quantitative estimate of drug-likeness (QED) is 0.0699. The Balaban J connectivity index is 1.33. The molecule has 11 heteroatoms. The Morgan fingerprint density at radius 1 is 1.02 bits per heavy atom. The fourth-order valence-corrected chi connectivity index (χ4v) is 9.19. The molecule has 3 aliphatic rings. The van der Waals surface area contributed by atoms with Crippen molar-refractivity contribution in [1.82, 2.24) is 10.2 Å². The van der Waals surface area contributed by atoms with Gasteiger partial charge in [-0.25, -0.2) is 0 Å². The average Bonchev–Trinajstić information content (AvgIpc) is 3.77. The smallest absolute Gasteiger partial charge is 0.313 e. The lowest BCUT2D eigenvalue weighted by molar-refractivity contribution is -0.160. The summed E-state index contributed by atoms with van der Waals surface area (Å²) in [4.78, 5) is 59.7. The van der Waals surface area contributed by atoms with Crippen LogP contribution in [0.25, 0.3) is 10.8 Å². The standard InChI is InChI=1S/C42H48BrN3O7/c1-3-5-19-34(48)44-27-33(29-16-9-8-10-17-29)52-41(51)35-36-39(49)46(23-13-6-7-14-24-47)38(42(36)26-32(43)37(35)53-42)40(50)45(22-4-2)31-21-20-28-15-11-12-18-30(28)25-31/h3-4,8-12,15-18,20-21,25,32-33,35-38,47H,1-2,5-7,13-14,19,22-24,26-27H2,(H,44,48)/t32?,33-,35-,36+,37-,38-,42+/m0/s1. The third kappa shape index (κ3) is 7.84. The van der Waals surface area contributed by atoms with Crippen LogP contribution in [0.4, 0.5) is 5.69 Å². The number of rotatable bonds is 18. The molecule has 53 heavy (non-hydrogen) atoms. The Kier molecular flexibility index (Phi) is 12.5. The van der Waals surface area contributed by atoms with Crippen molar-refractivity contribution in [3.8, 4) is 0 Å². The minimum absolute atomic E-state index is 0.0504. The number of halogens is 1. The molecule has 0 aromatic heterocycles. The van der Waals surface area contributed by atoms with Gasteiger partial charge in [-0.3, -0.25) is 19.2 Å². The summed E-state index contributed by atoms with van der Waals surface area (Å²) in [6, 6.07) is 21.9. The van der Waals surface area contributed by atoms with Crippen LogP contribution in [-0.4, -0.2) is 82.5 Å². The van der Waals surface area contributed by atoms with Crippen LogP contribution < -0.4 is 10.2 Å². The zero-order chi connectivity index (χ0) is 37.5. The lowest BCUT2D eigenvalue weighted by Gasteiger charge is -2.37. The highest BCUT2D eigenvalue weighted by Gasteiger charge is 2.77. The van der Waals surface area contributed by atoms with Gasteiger partial charge < -0.3 is 29.7 Å². The highest BCUT2D eigenvalue weighted by molar-refractivity contribution is 9.09. The number of alkyl halides is 1. The number of carbonyl (C=O) groups is 4. The predicted octanol–water partition coefficient (Wildman–Crippen LogP) is 6.03. The molecule has 280 valence electrons. The molecule has 3 aromatic carbocycles. The lowest BCUT2D eigenvalue weighted by Crippen LogP contribution is -2.57. The van der Waals surface area contributed by atoms with E-state index in [2.05, 4.69) is 34.4 Å². The van der Waals surface area contributed by atoms with Crippen LogP contribution >= 0.6 is 15.9 Å². The van der Waals surface area contributed by atoms with Gasteiger partial charge in [0.05, 0.1) is 24.5 Å². The number of esters is 1. The van der Waals surface area contributed by atoms with E-state index in [-0.39, 0.29) is 48.7 Å². The molecule has 2 N–H and O–H groups in total. The molecule has 3 aliphatic heterocycles.